The normalized spacial score (nSPS) is 12.9. The van der Waals surface area contributed by atoms with E-state index < -0.39 is 16.1 Å². The Morgan fingerprint density at radius 3 is 1.47 bits per heavy atom. The molecule has 0 aliphatic carbocycles. The van der Waals surface area contributed by atoms with Gasteiger partial charge in [0.25, 0.3) is 0 Å². The summed E-state index contributed by atoms with van der Waals surface area (Å²) in [5.74, 6) is 0. The molecule has 0 rings (SSSR count). The lowest BCUT2D eigenvalue weighted by Crippen LogP contribution is -2.37. The maximum Gasteiger partial charge on any atom is 0.0447 e. The van der Waals surface area contributed by atoms with Crippen LogP contribution in [0.1, 0.15) is 57.8 Å². The van der Waals surface area contributed by atoms with Crippen LogP contribution in [0.4, 0.5) is 0 Å². The average Bonchev–Trinajstić information content (AvgIpc) is 2.23. The van der Waals surface area contributed by atoms with E-state index in [-0.39, 0.29) is 0 Å². The fourth-order valence-corrected chi connectivity index (χ4v) is 16.8. The van der Waals surface area contributed by atoms with E-state index in [4.69, 9.17) is 0 Å². The standard InChI is InChI=1S/C17H39Si2/c1-7-8-9-10-11-12-13-14-15-16-19(5,6)17-18(2,3)4/h1,7-17H2,2-6H3. The van der Waals surface area contributed by atoms with Crippen LogP contribution in [0.25, 0.3) is 0 Å². The first kappa shape index (κ1) is 19.4. The highest BCUT2D eigenvalue weighted by Crippen LogP contribution is 2.25. The first-order valence-corrected chi connectivity index (χ1v) is 15.7. The first-order valence-electron chi connectivity index (χ1n) is 8.56. The highest BCUT2D eigenvalue weighted by atomic mass is 28.4. The predicted octanol–water partition coefficient (Wildman–Crippen LogP) is 6.92. The fraction of sp³-hybridized carbons (Fsp3) is 0.941. The van der Waals surface area contributed by atoms with Crippen molar-refractivity contribution in [3.63, 3.8) is 0 Å². The van der Waals surface area contributed by atoms with Gasteiger partial charge in [0, 0.05) is 16.1 Å². The van der Waals surface area contributed by atoms with Crippen LogP contribution in [0.15, 0.2) is 0 Å². The van der Waals surface area contributed by atoms with E-state index in [1.807, 2.05) is 0 Å². The Morgan fingerprint density at radius 2 is 1.05 bits per heavy atom. The molecule has 0 fully saturated rings. The summed E-state index contributed by atoms with van der Waals surface area (Å²) < 4.78 is 0. The highest BCUT2D eigenvalue weighted by molar-refractivity contribution is 6.94. The molecule has 0 saturated carbocycles. The van der Waals surface area contributed by atoms with Gasteiger partial charge in [-0.15, -0.1) is 0 Å². The van der Waals surface area contributed by atoms with Crippen LogP contribution in [0.3, 0.4) is 0 Å². The van der Waals surface area contributed by atoms with E-state index >= 15 is 0 Å². The maximum absolute atomic E-state index is 3.90. The minimum atomic E-state index is -0.870. The summed E-state index contributed by atoms with van der Waals surface area (Å²) in [7, 11) is -1.70. The molecule has 2 heteroatoms. The van der Waals surface area contributed by atoms with Crippen molar-refractivity contribution >= 4 is 16.1 Å². The molecular formula is C17H39Si2. The van der Waals surface area contributed by atoms with Crippen LogP contribution in [-0.2, 0) is 0 Å². The Balaban J connectivity index is 3.43. The second kappa shape index (κ2) is 10.2. The van der Waals surface area contributed by atoms with Gasteiger partial charge in [0.1, 0.15) is 0 Å². The minimum Gasteiger partial charge on any atom is -0.0698 e. The molecule has 0 saturated heterocycles. The van der Waals surface area contributed by atoms with Gasteiger partial charge < -0.3 is 0 Å². The third-order valence-corrected chi connectivity index (χ3v) is 13.6. The van der Waals surface area contributed by atoms with Crippen molar-refractivity contribution in [2.45, 2.75) is 102 Å². The van der Waals surface area contributed by atoms with E-state index in [9.17, 15) is 0 Å². The van der Waals surface area contributed by atoms with Crippen LogP contribution >= 0.6 is 0 Å². The van der Waals surface area contributed by atoms with Crippen molar-refractivity contribution in [1.29, 1.82) is 0 Å². The van der Waals surface area contributed by atoms with Crippen LogP contribution < -0.4 is 0 Å². The monoisotopic (exact) mass is 299 g/mol. The van der Waals surface area contributed by atoms with Crippen molar-refractivity contribution in [2.24, 2.45) is 0 Å². The van der Waals surface area contributed by atoms with Gasteiger partial charge >= 0.3 is 0 Å². The van der Waals surface area contributed by atoms with Crippen molar-refractivity contribution in [1.82, 2.24) is 0 Å². The molecule has 0 N–H and O–H groups in total. The number of hydrogen-bond donors (Lipinski definition) is 0. The van der Waals surface area contributed by atoms with Crippen molar-refractivity contribution < 1.29 is 0 Å². The molecule has 19 heavy (non-hydrogen) atoms. The van der Waals surface area contributed by atoms with Crippen LogP contribution in [-0.4, -0.2) is 16.1 Å². The summed E-state index contributed by atoms with van der Waals surface area (Å²) in [5.41, 5.74) is 1.62. The number of rotatable bonds is 12. The SMILES string of the molecule is [CH2]CCCCCCCCCC[Si](C)(C)C[Si](C)(C)C. The van der Waals surface area contributed by atoms with Gasteiger partial charge in [0.2, 0.25) is 0 Å². The zero-order chi connectivity index (χ0) is 14.8. The van der Waals surface area contributed by atoms with Crippen molar-refractivity contribution in [3.8, 4) is 0 Å². The van der Waals surface area contributed by atoms with Gasteiger partial charge in [-0.3, -0.25) is 0 Å². The molecule has 0 aromatic heterocycles. The largest absolute Gasteiger partial charge is 0.0698 e. The van der Waals surface area contributed by atoms with E-state index in [1.54, 1.807) is 11.7 Å². The number of unbranched alkanes of at least 4 members (excludes halogenated alkanes) is 8. The lowest BCUT2D eigenvalue weighted by molar-refractivity contribution is 0.576. The first-order chi connectivity index (χ1) is 8.77. The van der Waals surface area contributed by atoms with E-state index in [0.29, 0.717) is 0 Å². The Kier molecular flexibility index (Phi) is 10.4. The Hall–Kier alpha value is 0.434. The summed E-state index contributed by atoms with van der Waals surface area (Å²) in [5, 5.41) is 0. The third kappa shape index (κ3) is 14.7. The Bertz CT molecular complexity index is 204. The van der Waals surface area contributed by atoms with Gasteiger partial charge in [-0.1, -0.05) is 109 Å². The molecule has 115 valence electrons. The second-order valence-corrected chi connectivity index (χ2v) is 19.7. The lowest BCUT2D eigenvalue weighted by Gasteiger charge is -2.29. The van der Waals surface area contributed by atoms with Gasteiger partial charge in [0.05, 0.1) is 0 Å². The molecule has 0 amide bonds. The molecule has 0 atom stereocenters. The van der Waals surface area contributed by atoms with Crippen LogP contribution in [0.5, 0.6) is 0 Å². The summed E-state index contributed by atoms with van der Waals surface area (Å²) in [6.45, 7) is 16.7. The summed E-state index contributed by atoms with van der Waals surface area (Å²) in [4.78, 5) is 0. The van der Waals surface area contributed by atoms with Gasteiger partial charge in [-0.25, -0.2) is 0 Å². The van der Waals surface area contributed by atoms with E-state index in [1.165, 1.54) is 51.4 Å². The molecule has 0 spiro atoms. The number of hydrogen-bond acceptors (Lipinski definition) is 0. The summed E-state index contributed by atoms with van der Waals surface area (Å²) in [6, 6.07) is 1.57. The smallest absolute Gasteiger partial charge is 0.0447 e. The molecule has 0 aliphatic rings. The molecule has 1 radical (unpaired) electrons. The van der Waals surface area contributed by atoms with Gasteiger partial charge in [0.15, 0.2) is 0 Å². The minimum absolute atomic E-state index is 0.830. The second-order valence-electron chi connectivity index (χ2n) is 8.33. The third-order valence-electron chi connectivity index (χ3n) is 3.86. The fourth-order valence-electron chi connectivity index (χ4n) is 3.37. The van der Waals surface area contributed by atoms with Crippen LogP contribution in [0, 0.1) is 6.92 Å². The van der Waals surface area contributed by atoms with E-state index in [0.717, 1.165) is 6.42 Å². The molecule has 0 nitrogen and oxygen atoms in total. The zero-order valence-corrected chi connectivity index (χ0v) is 16.5. The summed E-state index contributed by atoms with van der Waals surface area (Å²) in [6.07, 6.45) is 12.7. The molecule has 0 aromatic rings. The maximum atomic E-state index is 3.90. The lowest BCUT2D eigenvalue weighted by atomic mass is 10.1. The van der Waals surface area contributed by atoms with Crippen LogP contribution in [0.2, 0.25) is 44.4 Å². The quantitative estimate of drug-likeness (QED) is 0.271. The highest BCUT2D eigenvalue weighted by Gasteiger charge is 2.27. The Morgan fingerprint density at radius 1 is 0.632 bits per heavy atom. The molecule has 0 heterocycles. The zero-order valence-electron chi connectivity index (χ0n) is 14.5. The molecule has 0 aromatic carbocycles. The molecule has 0 unspecified atom stereocenters. The molecule has 0 aliphatic heterocycles. The van der Waals surface area contributed by atoms with Gasteiger partial charge in [-0.05, 0) is 0 Å². The molecular weight excluding hydrogens is 260 g/mol. The predicted molar refractivity (Wildman–Crippen MR) is 97.4 cm³/mol. The Labute approximate surface area is 125 Å². The average molecular weight is 300 g/mol. The van der Waals surface area contributed by atoms with Crippen molar-refractivity contribution in [3.05, 3.63) is 6.92 Å². The van der Waals surface area contributed by atoms with Gasteiger partial charge in [-0.2, -0.15) is 0 Å². The van der Waals surface area contributed by atoms with E-state index in [2.05, 4.69) is 39.7 Å². The summed E-state index contributed by atoms with van der Waals surface area (Å²) >= 11 is 0. The van der Waals surface area contributed by atoms with Crippen molar-refractivity contribution in [2.75, 3.05) is 0 Å². The topological polar surface area (TPSA) is 0 Å². The molecule has 0 bridgehead atoms.